The van der Waals surface area contributed by atoms with Crippen LogP contribution in [0.15, 0.2) is 47.4 Å². The van der Waals surface area contributed by atoms with Crippen molar-refractivity contribution in [3.8, 4) is 11.5 Å². The van der Waals surface area contributed by atoms with Crippen molar-refractivity contribution in [3.63, 3.8) is 0 Å². The molecule has 1 heterocycles. The lowest BCUT2D eigenvalue weighted by molar-refractivity contribution is -0.122. The number of nitrogens with one attached hydrogen (secondary N) is 1. The highest BCUT2D eigenvalue weighted by molar-refractivity contribution is 7.89. The molecule has 1 aliphatic heterocycles. The summed E-state index contributed by atoms with van der Waals surface area (Å²) in [7, 11) is -2.39. The van der Waals surface area contributed by atoms with Gasteiger partial charge in [-0.15, -0.1) is 0 Å². The summed E-state index contributed by atoms with van der Waals surface area (Å²) >= 11 is 0. The number of rotatable bonds is 8. The van der Waals surface area contributed by atoms with Crippen molar-refractivity contribution in [1.29, 1.82) is 0 Å². The van der Waals surface area contributed by atoms with Gasteiger partial charge in [-0.1, -0.05) is 32.0 Å². The molecule has 9 heteroatoms. The van der Waals surface area contributed by atoms with Crippen molar-refractivity contribution in [2.45, 2.75) is 37.7 Å². The summed E-state index contributed by atoms with van der Waals surface area (Å²) < 4.78 is 44.0. The Hall–Kier alpha value is -2.62. The number of carbonyl (C=O) groups is 1. The molecule has 1 fully saturated rings. The van der Waals surface area contributed by atoms with Gasteiger partial charge < -0.3 is 19.5 Å². The first-order valence-corrected chi connectivity index (χ1v) is 12.0. The molecule has 1 amide bonds. The Morgan fingerprint density at radius 3 is 2.41 bits per heavy atom. The van der Waals surface area contributed by atoms with E-state index in [1.807, 2.05) is 24.3 Å². The lowest BCUT2D eigenvalue weighted by Crippen LogP contribution is -2.40. The van der Waals surface area contributed by atoms with Gasteiger partial charge in [0.05, 0.1) is 20.3 Å². The summed E-state index contributed by atoms with van der Waals surface area (Å²) in [6.45, 7) is 6.97. The quantitative estimate of drug-likeness (QED) is 0.647. The number of morpholine rings is 1. The number of nitrogens with zero attached hydrogens (tertiary/aromatic N) is 1. The van der Waals surface area contributed by atoms with Gasteiger partial charge >= 0.3 is 0 Å². The molecule has 0 aliphatic carbocycles. The van der Waals surface area contributed by atoms with E-state index in [1.165, 1.54) is 23.5 Å². The minimum atomic E-state index is -3.80. The molecule has 1 saturated heterocycles. The number of para-hydroxylation sites is 1. The number of amides is 1. The number of hydrogen-bond donors (Lipinski definition) is 1. The minimum absolute atomic E-state index is 0.00146. The van der Waals surface area contributed by atoms with Crippen LogP contribution in [0, 0.1) is 0 Å². The van der Waals surface area contributed by atoms with Crippen LogP contribution in [-0.2, 0) is 19.6 Å². The van der Waals surface area contributed by atoms with E-state index >= 15 is 0 Å². The van der Waals surface area contributed by atoms with E-state index in [0.717, 1.165) is 5.56 Å². The Morgan fingerprint density at radius 1 is 1.06 bits per heavy atom. The molecular formula is C23H30N2O6S. The summed E-state index contributed by atoms with van der Waals surface area (Å²) in [4.78, 5) is 12.8. The Morgan fingerprint density at radius 2 is 1.75 bits per heavy atom. The molecule has 0 bridgehead atoms. The van der Waals surface area contributed by atoms with Crippen LogP contribution < -0.4 is 14.8 Å². The smallest absolute Gasteiger partial charge is 0.265 e. The van der Waals surface area contributed by atoms with Crippen LogP contribution in [0.2, 0.25) is 0 Å². The maximum absolute atomic E-state index is 13.1. The number of methoxy groups -OCH3 is 1. The highest BCUT2D eigenvalue weighted by Crippen LogP contribution is 2.31. The average molecular weight is 463 g/mol. The van der Waals surface area contributed by atoms with Crippen LogP contribution in [0.25, 0.3) is 0 Å². The van der Waals surface area contributed by atoms with E-state index in [0.29, 0.717) is 24.7 Å². The SMILES string of the molecule is COc1ccc(NC(=O)[C@H](C)Oc2ccccc2C(C)C)cc1S(=O)(=O)N1CCOCC1. The molecule has 0 spiro atoms. The van der Waals surface area contributed by atoms with Crippen molar-refractivity contribution < 1.29 is 27.4 Å². The van der Waals surface area contributed by atoms with Crippen LogP contribution in [0.5, 0.6) is 11.5 Å². The first-order valence-electron chi connectivity index (χ1n) is 10.6. The highest BCUT2D eigenvalue weighted by atomic mass is 32.2. The Labute approximate surface area is 189 Å². The molecule has 0 radical (unpaired) electrons. The van der Waals surface area contributed by atoms with E-state index < -0.39 is 16.1 Å². The van der Waals surface area contributed by atoms with E-state index in [4.69, 9.17) is 14.2 Å². The molecule has 2 aromatic carbocycles. The monoisotopic (exact) mass is 462 g/mol. The van der Waals surface area contributed by atoms with Crippen LogP contribution in [-0.4, -0.2) is 58.1 Å². The molecule has 0 saturated carbocycles. The maximum atomic E-state index is 13.1. The average Bonchev–Trinajstić information content (AvgIpc) is 2.79. The number of ether oxygens (including phenoxy) is 3. The Kier molecular flexibility index (Phi) is 7.76. The van der Waals surface area contributed by atoms with Gasteiger partial charge in [0.25, 0.3) is 5.91 Å². The van der Waals surface area contributed by atoms with Crippen molar-refractivity contribution >= 4 is 21.6 Å². The predicted molar refractivity (Wildman–Crippen MR) is 122 cm³/mol. The van der Waals surface area contributed by atoms with E-state index in [1.54, 1.807) is 13.0 Å². The lowest BCUT2D eigenvalue weighted by Gasteiger charge is -2.27. The molecule has 32 heavy (non-hydrogen) atoms. The number of hydrogen-bond acceptors (Lipinski definition) is 6. The van der Waals surface area contributed by atoms with Crippen LogP contribution in [0.4, 0.5) is 5.69 Å². The molecule has 174 valence electrons. The Balaban J connectivity index is 1.79. The number of anilines is 1. The van der Waals surface area contributed by atoms with Crippen molar-refractivity contribution in [2.24, 2.45) is 0 Å². The Bertz CT molecular complexity index is 1050. The molecule has 1 atom stereocenters. The molecule has 0 aromatic heterocycles. The summed E-state index contributed by atoms with van der Waals surface area (Å²) in [5.74, 6) is 0.722. The lowest BCUT2D eigenvalue weighted by atomic mass is 10.0. The topological polar surface area (TPSA) is 94.2 Å². The third-order valence-corrected chi connectivity index (χ3v) is 7.15. The molecule has 2 aromatic rings. The first kappa shape index (κ1) is 24.0. The van der Waals surface area contributed by atoms with E-state index in [9.17, 15) is 13.2 Å². The predicted octanol–water partition coefficient (Wildman–Crippen LogP) is 3.25. The van der Waals surface area contributed by atoms with Crippen molar-refractivity contribution in [2.75, 3.05) is 38.7 Å². The van der Waals surface area contributed by atoms with Crippen LogP contribution in [0.3, 0.4) is 0 Å². The fourth-order valence-electron chi connectivity index (χ4n) is 3.43. The van der Waals surface area contributed by atoms with Gasteiger partial charge in [-0.3, -0.25) is 4.79 Å². The summed E-state index contributed by atoms with van der Waals surface area (Å²) in [5, 5.41) is 2.75. The second-order valence-electron chi connectivity index (χ2n) is 7.82. The van der Waals surface area contributed by atoms with Crippen molar-refractivity contribution in [3.05, 3.63) is 48.0 Å². The van der Waals surface area contributed by atoms with Gasteiger partial charge in [0.15, 0.2) is 6.10 Å². The summed E-state index contributed by atoms with van der Waals surface area (Å²) in [6, 6.07) is 12.1. The maximum Gasteiger partial charge on any atom is 0.265 e. The fourth-order valence-corrected chi connectivity index (χ4v) is 5.02. The summed E-state index contributed by atoms with van der Waals surface area (Å²) in [6.07, 6.45) is -0.781. The molecule has 3 rings (SSSR count). The second-order valence-corrected chi connectivity index (χ2v) is 9.73. The molecule has 8 nitrogen and oxygen atoms in total. The minimum Gasteiger partial charge on any atom is -0.495 e. The van der Waals surface area contributed by atoms with Gasteiger partial charge in [0, 0.05) is 18.8 Å². The third kappa shape index (κ3) is 5.40. The largest absolute Gasteiger partial charge is 0.495 e. The first-order chi connectivity index (χ1) is 15.2. The second kappa shape index (κ2) is 10.3. The third-order valence-electron chi connectivity index (χ3n) is 5.23. The fraction of sp³-hybridized carbons (Fsp3) is 0.435. The highest BCUT2D eigenvalue weighted by Gasteiger charge is 2.30. The normalized spacial score (nSPS) is 15.9. The van der Waals surface area contributed by atoms with Gasteiger partial charge in [-0.05, 0) is 42.7 Å². The van der Waals surface area contributed by atoms with Gasteiger partial charge in [0.1, 0.15) is 16.4 Å². The molecular weight excluding hydrogens is 432 g/mol. The summed E-state index contributed by atoms with van der Waals surface area (Å²) in [5.41, 5.74) is 1.35. The molecule has 0 unspecified atom stereocenters. The number of benzene rings is 2. The van der Waals surface area contributed by atoms with Gasteiger partial charge in [-0.2, -0.15) is 4.31 Å². The van der Waals surface area contributed by atoms with E-state index in [2.05, 4.69) is 19.2 Å². The van der Waals surface area contributed by atoms with Crippen LogP contribution in [0.1, 0.15) is 32.3 Å². The standard InChI is InChI=1S/C23H30N2O6S/c1-16(2)19-7-5-6-8-20(19)31-17(3)23(26)24-18-9-10-21(29-4)22(15-18)32(27,28)25-11-13-30-14-12-25/h5-10,15-17H,11-14H2,1-4H3,(H,24,26)/t17-/m0/s1. The zero-order valence-electron chi connectivity index (χ0n) is 18.8. The number of sulfonamides is 1. The number of carbonyl (C=O) groups excluding carboxylic acids is 1. The van der Waals surface area contributed by atoms with Crippen LogP contribution >= 0.6 is 0 Å². The molecule has 1 N–H and O–H groups in total. The van der Waals surface area contributed by atoms with Crippen molar-refractivity contribution in [1.82, 2.24) is 4.31 Å². The molecule has 1 aliphatic rings. The van der Waals surface area contributed by atoms with Gasteiger partial charge in [-0.25, -0.2) is 8.42 Å². The van der Waals surface area contributed by atoms with Gasteiger partial charge in [0.2, 0.25) is 10.0 Å². The zero-order chi connectivity index (χ0) is 23.3. The van der Waals surface area contributed by atoms with E-state index in [-0.39, 0.29) is 35.6 Å². The zero-order valence-corrected chi connectivity index (χ0v) is 19.6.